The van der Waals surface area contributed by atoms with Crippen LogP contribution in [0.15, 0.2) is 30.4 Å². The number of likely N-dealkylation sites (tertiary alicyclic amines) is 1. The summed E-state index contributed by atoms with van der Waals surface area (Å²) in [6, 6.07) is 4.40. The van der Waals surface area contributed by atoms with Crippen molar-refractivity contribution in [2.24, 2.45) is 35.5 Å². The number of anilines is 1. The molecule has 3 fully saturated rings. The van der Waals surface area contributed by atoms with Crippen LogP contribution in [0.5, 0.6) is 0 Å². The highest BCUT2D eigenvalue weighted by atomic mass is 35.5. The summed E-state index contributed by atoms with van der Waals surface area (Å²) in [5, 5.41) is 3.34. The van der Waals surface area contributed by atoms with E-state index < -0.39 is 6.04 Å². The number of imide groups is 1. The van der Waals surface area contributed by atoms with Crippen molar-refractivity contribution in [1.82, 2.24) is 4.90 Å². The second-order valence-electron chi connectivity index (χ2n) is 8.33. The molecule has 1 aromatic carbocycles. The molecule has 2 bridgehead atoms. The fourth-order valence-corrected chi connectivity index (χ4v) is 5.62. The van der Waals surface area contributed by atoms with E-state index in [4.69, 9.17) is 11.6 Å². The molecule has 3 amide bonds. The fourth-order valence-electron chi connectivity index (χ4n) is 5.45. The van der Waals surface area contributed by atoms with Gasteiger partial charge in [0.1, 0.15) is 6.04 Å². The zero-order valence-corrected chi connectivity index (χ0v) is 15.9. The summed E-state index contributed by atoms with van der Waals surface area (Å²) in [6.45, 7) is 3.49. The first kappa shape index (κ1) is 17.0. The number of carbonyl (C=O) groups is 3. The number of hydrogen-bond donors (Lipinski definition) is 1. The third kappa shape index (κ3) is 2.34. The van der Waals surface area contributed by atoms with E-state index in [1.165, 1.54) is 4.90 Å². The second-order valence-corrected chi connectivity index (χ2v) is 8.76. The predicted molar refractivity (Wildman–Crippen MR) is 101 cm³/mol. The maximum Gasteiger partial charge on any atom is 0.247 e. The average Bonchev–Trinajstić information content (AvgIpc) is 3.42. The number of rotatable bonds is 3. The maximum absolute atomic E-state index is 13.1. The molecule has 1 aromatic rings. The summed E-state index contributed by atoms with van der Waals surface area (Å²) < 4.78 is 0. The van der Waals surface area contributed by atoms with Crippen LogP contribution in [-0.4, -0.2) is 28.7 Å². The van der Waals surface area contributed by atoms with E-state index in [1.807, 2.05) is 13.0 Å². The summed E-state index contributed by atoms with van der Waals surface area (Å²) >= 11 is 6.02. The molecule has 6 rings (SSSR count). The largest absolute Gasteiger partial charge is 0.324 e. The standard InChI is InChI=1S/C21H21ClN2O3/c1-9-3-4-11(22)7-16(9)23-19(25)10(2)24-20(26)17-12-5-6-13(15-8-14(12)15)18(17)21(24)27/h3-7,10,12-15,17-18H,8H2,1-2H3,(H,23,25)/t10-,12-,13-,14-,15-,17+,18+/m0/s1. The van der Waals surface area contributed by atoms with Gasteiger partial charge in [0, 0.05) is 10.7 Å². The number of carbonyl (C=O) groups excluding carboxylic acids is 3. The first-order valence-corrected chi connectivity index (χ1v) is 9.88. The van der Waals surface area contributed by atoms with E-state index in [9.17, 15) is 14.4 Å². The molecule has 140 valence electrons. The summed E-state index contributed by atoms with van der Waals surface area (Å²) in [4.78, 5) is 40.2. The molecule has 27 heavy (non-hydrogen) atoms. The average molecular weight is 385 g/mol. The molecular weight excluding hydrogens is 364 g/mol. The Bertz CT molecular complexity index is 875. The molecule has 1 N–H and O–H groups in total. The molecule has 7 atom stereocenters. The Kier molecular flexibility index (Phi) is 3.57. The van der Waals surface area contributed by atoms with Crippen LogP contribution in [-0.2, 0) is 14.4 Å². The van der Waals surface area contributed by atoms with Crippen LogP contribution in [0.25, 0.3) is 0 Å². The van der Waals surface area contributed by atoms with Crippen molar-refractivity contribution in [1.29, 1.82) is 0 Å². The summed E-state index contributed by atoms with van der Waals surface area (Å²) in [7, 11) is 0. The number of allylic oxidation sites excluding steroid dienone is 2. The zero-order valence-electron chi connectivity index (χ0n) is 15.2. The quantitative estimate of drug-likeness (QED) is 0.643. The van der Waals surface area contributed by atoms with Crippen molar-refractivity contribution in [3.63, 3.8) is 0 Å². The monoisotopic (exact) mass is 384 g/mol. The van der Waals surface area contributed by atoms with E-state index in [0.29, 0.717) is 22.5 Å². The van der Waals surface area contributed by atoms with Gasteiger partial charge in [-0.25, -0.2) is 0 Å². The van der Waals surface area contributed by atoms with Gasteiger partial charge in [0.2, 0.25) is 17.7 Å². The molecule has 0 spiro atoms. The molecule has 0 unspecified atom stereocenters. The Hall–Kier alpha value is -2.14. The molecule has 5 aliphatic rings. The first-order valence-electron chi connectivity index (χ1n) is 9.50. The first-order chi connectivity index (χ1) is 12.9. The SMILES string of the molecule is Cc1ccc(Cl)cc1NC(=O)[C@H](C)N1C(=O)[C@@H]2[C@H]3C=C[C@@H]([C@@H]4C[C@@H]34)[C@H]2C1=O. The van der Waals surface area contributed by atoms with Crippen LogP contribution < -0.4 is 5.32 Å². The van der Waals surface area contributed by atoms with Gasteiger partial charge in [-0.3, -0.25) is 19.3 Å². The van der Waals surface area contributed by atoms with Crippen molar-refractivity contribution in [2.45, 2.75) is 26.3 Å². The van der Waals surface area contributed by atoms with Crippen LogP contribution in [0.1, 0.15) is 18.9 Å². The molecule has 0 aromatic heterocycles. The molecule has 1 aliphatic heterocycles. The Labute approximate surface area is 162 Å². The van der Waals surface area contributed by atoms with E-state index in [0.717, 1.165) is 12.0 Å². The Morgan fingerprint density at radius 1 is 1.15 bits per heavy atom. The van der Waals surface area contributed by atoms with Crippen molar-refractivity contribution >= 4 is 35.0 Å². The van der Waals surface area contributed by atoms with Gasteiger partial charge in [0.05, 0.1) is 11.8 Å². The van der Waals surface area contributed by atoms with Gasteiger partial charge in [-0.1, -0.05) is 29.8 Å². The zero-order chi connectivity index (χ0) is 19.0. The lowest BCUT2D eigenvalue weighted by Gasteiger charge is -2.37. The third-order valence-electron chi connectivity index (χ3n) is 6.92. The number of aryl methyl sites for hydroxylation is 1. The Morgan fingerprint density at radius 2 is 1.74 bits per heavy atom. The molecule has 1 saturated heterocycles. The van der Waals surface area contributed by atoms with Gasteiger partial charge in [0.25, 0.3) is 0 Å². The van der Waals surface area contributed by atoms with E-state index in [1.54, 1.807) is 19.1 Å². The third-order valence-corrected chi connectivity index (χ3v) is 7.16. The van der Waals surface area contributed by atoms with Crippen molar-refractivity contribution in [3.8, 4) is 0 Å². The molecule has 2 saturated carbocycles. The number of benzene rings is 1. The highest BCUT2D eigenvalue weighted by Crippen LogP contribution is 2.65. The smallest absolute Gasteiger partial charge is 0.247 e. The van der Waals surface area contributed by atoms with Gasteiger partial charge >= 0.3 is 0 Å². The van der Waals surface area contributed by atoms with E-state index in [2.05, 4.69) is 17.5 Å². The molecule has 5 nitrogen and oxygen atoms in total. The fraction of sp³-hybridized carbons (Fsp3) is 0.476. The minimum Gasteiger partial charge on any atom is -0.324 e. The Morgan fingerprint density at radius 3 is 2.33 bits per heavy atom. The summed E-state index contributed by atoms with van der Waals surface area (Å²) in [5.74, 6) is 0.145. The van der Waals surface area contributed by atoms with Crippen LogP contribution in [0.2, 0.25) is 5.02 Å². The topological polar surface area (TPSA) is 66.5 Å². The van der Waals surface area contributed by atoms with Crippen LogP contribution in [0, 0.1) is 42.4 Å². The van der Waals surface area contributed by atoms with Crippen molar-refractivity contribution in [3.05, 3.63) is 40.9 Å². The molecule has 6 heteroatoms. The summed E-state index contributed by atoms with van der Waals surface area (Å²) in [5.41, 5.74) is 1.47. The molecule has 4 aliphatic carbocycles. The van der Waals surface area contributed by atoms with Crippen LogP contribution in [0.4, 0.5) is 5.69 Å². The van der Waals surface area contributed by atoms with Crippen molar-refractivity contribution in [2.75, 3.05) is 5.32 Å². The minimum absolute atomic E-state index is 0.164. The highest BCUT2D eigenvalue weighted by molar-refractivity contribution is 6.31. The number of nitrogens with zero attached hydrogens (tertiary/aromatic N) is 1. The normalized spacial score (nSPS) is 36.5. The lowest BCUT2D eigenvalue weighted by Crippen LogP contribution is -2.46. The number of hydrogen-bond acceptors (Lipinski definition) is 3. The number of amides is 3. The maximum atomic E-state index is 13.1. The highest BCUT2D eigenvalue weighted by Gasteiger charge is 2.67. The van der Waals surface area contributed by atoms with Gasteiger partial charge < -0.3 is 5.32 Å². The number of halogens is 1. The summed E-state index contributed by atoms with van der Waals surface area (Å²) in [6.07, 6.45) is 5.39. The molecule has 0 radical (unpaired) electrons. The van der Waals surface area contributed by atoms with Gasteiger partial charge in [0.15, 0.2) is 0 Å². The van der Waals surface area contributed by atoms with Gasteiger partial charge in [-0.15, -0.1) is 0 Å². The van der Waals surface area contributed by atoms with Gasteiger partial charge in [-0.2, -0.15) is 0 Å². The minimum atomic E-state index is -0.843. The van der Waals surface area contributed by atoms with Crippen molar-refractivity contribution < 1.29 is 14.4 Å². The van der Waals surface area contributed by atoms with Crippen LogP contribution in [0.3, 0.4) is 0 Å². The molecular formula is C21H21ClN2O3. The lowest BCUT2D eigenvalue weighted by atomic mass is 9.63. The molecule has 1 heterocycles. The predicted octanol–water partition coefficient (Wildman–Crippen LogP) is 3.03. The Balaban J connectivity index is 1.39. The van der Waals surface area contributed by atoms with Gasteiger partial charge in [-0.05, 0) is 61.6 Å². The van der Waals surface area contributed by atoms with E-state index >= 15 is 0 Å². The van der Waals surface area contributed by atoms with E-state index in [-0.39, 0.29) is 41.4 Å². The van der Waals surface area contributed by atoms with Crippen LogP contribution >= 0.6 is 11.6 Å². The lowest BCUT2D eigenvalue weighted by molar-refractivity contribution is -0.146. The second kappa shape index (κ2) is 5.68. The number of nitrogens with one attached hydrogen (secondary N) is 1.